The average Bonchev–Trinajstić information content (AvgIpc) is 3.74. The molecule has 0 radical (unpaired) electrons. The Hall–Kier alpha value is -4.94. The van der Waals surface area contributed by atoms with Crippen molar-refractivity contribution in [2.75, 3.05) is 39.9 Å². The molecule has 1 saturated heterocycles. The average molecular weight is 672 g/mol. The number of benzene rings is 2. The largest absolute Gasteiger partial charge is 0.496 e. The van der Waals surface area contributed by atoms with Gasteiger partial charge < -0.3 is 39.7 Å². The molecule has 0 bridgehead atoms. The lowest BCUT2D eigenvalue weighted by Crippen LogP contribution is -2.52. The van der Waals surface area contributed by atoms with Crippen molar-refractivity contribution in [2.24, 2.45) is 5.73 Å². The zero-order valence-corrected chi connectivity index (χ0v) is 28.8. The molecule has 1 aliphatic heterocycles. The van der Waals surface area contributed by atoms with Crippen LogP contribution in [0.5, 0.6) is 5.75 Å². The van der Waals surface area contributed by atoms with Gasteiger partial charge in [0.2, 0.25) is 5.91 Å². The third kappa shape index (κ3) is 8.57. The van der Waals surface area contributed by atoms with E-state index in [-0.39, 0.29) is 49.0 Å². The Morgan fingerprint density at radius 3 is 2.31 bits per heavy atom. The highest BCUT2D eigenvalue weighted by atomic mass is 16.5. The molecule has 0 aliphatic carbocycles. The van der Waals surface area contributed by atoms with Gasteiger partial charge in [0.1, 0.15) is 17.3 Å². The maximum Gasteiger partial charge on any atom is 0.295 e. The number of amides is 3. The first-order valence-electron chi connectivity index (χ1n) is 16.4. The van der Waals surface area contributed by atoms with Crippen molar-refractivity contribution in [1.82, 2.24) is 20.1 Å². The van der Waals surface area contributed by atoms with Crippen molar-refractivity contribution in [2.45, 2.75) is 58.2 Å². The van der Waals surface area contributed by atoms with E-state index in [9.17, 15) is 19.2 Å². The zero-order valence-electron chi connectivity index (χ0n) is 28.8. The maximum absolute atomic E-state index is 13.6. The van der Waals surface area contributed by atoms with Crippen LogP contribution in [0.4, 0.5) is 0 Å². The van der Waals surface area contributed by atoms with E-state index in [2.05, 4.69) is 10.3 Å². The van der Waals surface area contributed by atoms with Gasteiger partial charge in [-0.1, -0.05) is 18.2 Å². The van der Waals surface area contributed by atoms with Gasteiger partial charge in [-0.3, -0.25) is 19.2 Å². The molecule has 12 nitrogen and oxygen atoms in total. The summed E-state index contributed by atoms with van der Waals surface area (Å²) in [6.45, 7) is 9.39. The Bertz CT molecular complexity index is 1810. The maximum atomic E-state index is 13.6. The topological polar surface area (TPSA) is 160 Å². The van der Waals surface area contributed by atoms with Crippen LogP contribution in [-0.2, 0) is 20.9 Å². The number of hydrogen-bond donors (Lipinski definition) is 3. The molecule has 4 aromatic rings. The zero-order chi connectivity index (χ0) is 35.3. The number of aromatic nitrogens is 1. The number of carbonyl (C=O) groups excluding carboxylic acids is 4. The molecule has 12 heteroatoms. The first-order valence-corrected chi connectivity index (χ1v) is 16.4. The summed E-state index contributed by atoms with van der Waals surface area (Å²) in [5, 5.41) is 3.35. The van der Waals surface area contributed by atoms with E-state index >= 15 is 0 Å². The first kappa shape index (κ1) is 35.4. The number of ketones is 1. The first-order chi connectivity index (χ1) is 23.3. The van der Waals surface area contributed by atoms with Crippen LogP contribution in [0.15, 0.2) is 65.2 Å². The van der Waals surface area contributed by atoms with Crippen LogP contribution in [0.3, 0.4) is 0 Å². The monoisotopic (exact) mass is 671 g/mol. The lowest BCUT2D eigenvalue weighted by molar-refractivity contribution is -0.128. The summed E-state index contributed by atoms with van der Waals surface area (Å²) in [4.78, 5) is 58.9. The number of piperazine rings is 1. The van der Waals surface area contributed by atoms with Crippen molar-refractivity contribution >= 4 is 34.4 Å². The molecular formula is C37H45N5O7. The second-order valence-electron chi connectivity index (χ2n) is 13.6. The Labute approximate surface area is 285 Å². The molecule has 0 spiro atoms. The quantitative estimate of drug-likeness (QED) is 0.138. The fourth-order valence-corrected chi connectivity index (χ4v) is 5.80. The fourth-order valence-electron chi connectivity index (χ4n) is 5.80. The van der Waals surface area contributed by atoms with E-state index in [0.717, 1.165) is 0 Å². The standard InChI is InChI=1S/C37H45N5O7/c1-36(2,38)15-20-48-37(3,4)21-30(43)39-22-25-11-13-28(49-25)26-12-14-29(47-5)31-27(23-40-32(26)31)33(44)35(46)42-18-16-41(17-19-42)34(45)24-9-7-6-8-10-24/h6-14,23,40H,15-22,38H2,1-5H3,(H,39,43). The number of nitrogens with two attached hydrogens (primary N) is 1. The van der Waals surface area contributed by atoms with Gasteiger partial charge in [0.15, 0.2) is 0 Å². The summed E-state index contributed by atoms with van der Waals surface area (Å²) >= 11 is 0. The molecule has 3 amide bonds. The van der Waals surface area contributed by atoms with E-state index in [0.29, 0.717) is 65.4 Å². The van der Waals surface area contributed by atoms with Crippen LogP contribution in [0.25, 0.3) is 22.2 Å². The smallest absolute Gasteiger partial charge is 0.295 e. The number of aromatic amines is 1. The second kappa shape index (κ2) is 14.7. The van der Waals surface area contributed by atoms with E-state index in [1.54, 1.807) is 41.3 Å². The van der Waals surface area contributed by atoms with Crippen molar-refractivity contribution in [3.05, 3.63) is 77.7 Å². The summed E-state index contributed by atoms with van der Waals surface area (Å²) in [6, 6.07) is 16.1. The summed E-state index contributed by atoms with van der Waals surface area (Å²) in [6.07, 6.45) is 2.35. The highest BCUT2D eigenvalue weighted by Gasteiger charge is 2.31. The van der Waals surface area contributed by atoms with Gasteiger partial charge in [-0.25, -0.2) is 0 Å². The van der Waals surface area contributed by atoms with Gasteiger partial charge >= 0.3 is 0 Å². The summed E-state index contributed by atoms with van der Waals surface area (Å²) in [5.41, 5.74) is 7.02. The molecular weight excluding hydrogens is 626 g/mol. The number of carbonyl (C=O) groups is 4. The van der Waals surface area contributed by atoms with E-state index < -0.39 is 17.3 Å². The molecule has 5 rings (SSSR count). The van der Waals surface area contributed by atoms with E-state index in [4.69, 9.17) is 19.6 Å². The lowest BCUT2D eigenvalue weighted by Gasteiger charge is -2.34. The minimum atomic E-state index is -0.675. The van der Waals surface area contributed by atoms with Crippen LogP contribution < -0.4 is 15.8 Å². The molecule has 49 heavy (non-hydrogen) atoms. The second-order valence-corrected chi connectivity index (χ2v) is 13.6. The number of hydrogen-bond acceptors (Lipinski definition) is 8. The van der Waals surface area contributed by atoms with Crippen LogP contribution in [-0.4, -0.2) is 89.3 Å². The van der Waals surface area contributed by atoms with E-state index in [1.807, 2.05) is 45.9 Å². The Morgan fingerprint density at radius 2 is 1.63 bits per heavy atom. The van der Waals surface area contributed by atoms with Gasteiger partial charge in [-0.2, -0.15) is 0 Å². The SMILES string of the molecule is COc1ccc(-c2ccc(CNC(=O)CC(C)(C)OCCC(C)(C)N)o2)c2[nH]cc(C(=O)C(=O)N3CCN(C(=O)c4ccccc4)CC3)c12. The van der Waals surface area contributed by atoms with Crippen LogP contribution in [0.2, 0.25) is 0 Å². The normalized spacial score (nSPS) is 13.8. The molecule has 1 fully saturated rings. The number of furan rings is 1. The number of rotatable bonds is 13. The van der Waals surface area contributed by atoms with Gasteiger partial charge in [0, 0.05) is 55.6 Å². The van der Waals surface area contributed by atoms with Crippen LogP contribution in [0, 0.1) is 0 Å². The van der Waals surface area contributed by atoms with E-state index in [1.165, 1.54) is 18.2 Å². The minimum absolute atomic E-state index is 0.103. The predicted octanol–water partition coefficient (Wildman–Crippen LogP) is 4.53. The third-order valence-corrected chi connectivity index (χ3v) is 8.54. The molecule has 0 atom stereocenters. The molecule has 0 unspecified atom stereocenters. The lowest BCUT2D eigenvalue weighted by atomic mass is 10.0. The summed E-state index contributed by atoms with van der Waals surface area (Å²) < 4.78 is 17.6. The Balaban J connectivity index is 1.24. The number of fused-ring (bicyclic) bond motifs is 1. The van der Waals surface area contributed by atoms with Crippen LogP contribution in [0.1, 0.15) is 67.0 Å². The van der Waals surface area contributed by atoms with Gasteiger partial charge in [0.25, 0.3) is 17.6 Å². The van der Waals surface area contributed by atoms with Crippen molar-refractivity contribution in [3.8, 4) is 17.1 Å². The number of ether oxygens (including phenoxy) is 2. The summed E-state index contributed by atoms with van der Waals surface area (Å²) in [7, 11) is 1.50. The molecule has 1 aliphatic rings. The van der Waals surface area contributed by atoms with Gasteiger partial charge in [0.05, 0.1) is 42.1 Å². The van der Waals surface area contributed by atoms with Crippen molar-refractivity contribution < 1.29 is 33.1 Å². The number of Topliss-reactive ketones (excluding diaryl/α,β-unsaturated/α-hetero) is 1. The number of H-pyrrole nitrogens is 1. The Morgan fingerprint density at radius 1 is 0.939 bits per heavy atom. The Kier molecular flexibility index (Phi) is 10.6. The van der Waals surface area contributed by atoms with Crippen molar-refractivity contribution in [3.63, 3.8) is 0 Å². The molecule has 2 aromatic heterocycles. The number of methoxy groups -OCH3 is 1. The fraction of sp³-hybridized carbons (Fsp3) is 0.405. The van der Waals surface area contributed by atoms with Gasteiger partial charge in [-0.15, -0.1) is 0 Å². The predicted molar refractivity (Wildman–Crippen MR) is 185 cm³/mol. The molecule has 3 heterocycles. The third-order valence-electron chi connectivity index (χ3n) is 8.54. The van der Waals surface area contributed by atoms with Gasteiger partial charge in [-0.05, 0) is 70.5 Å². The number of nitrogens with zero attached hydrogens (tertiary/aromatic N) is 2. The molecule has 260 valence electrons. The van der Waals surface area contributed by atoms with Crippen LogP contribution >= 0.6 is 0 Å². The minimum Gasteiger partial charge on any atom is -0.496 e. The molecule has 0 saturated carbocycles. The van der Waals surface area contributed by atoms with Crippen molar-refractivity contribution in [1.29, 1.82) is 0 Å². The summed E-state index contributed by atoms with van der Waals surface area (Å²) in [5.74, 6) is -0.126. The highest BCUT2D eigenvalue weighted by molar-refractivity contribution is 6.45. The molecule has 4 N–H and O–H groups in total. The number of nitrogens with one attached hydrogen (secondary N) is 2. The molecule has 2 aromatic carbocycles. The highest BCUT2D eigenvalue weighted by Crippen LogP contribution is 2.37.